The Balaban J connectivity index is -0.000000180. The highest BCUT2D eigenvalue weighted by Crippen LogP contribution is 1.54. The number of hydrogen-bond acceptors (Lipinski definition) is 3. The van der Waals surface area contributed by atoms with Crippen molar-refractivity contribution < 1.29 is 13.1 Å². The van der Waals surface area contributed by atoms with E-state index in [0.717, 1.165) is 0 Å². The van der Waals surface area contributed by atoms with Crippen LogP contribution in [0.5, 0.6) is 0 Å². The van der Waals surface area contributed by atoms with Gasteiger partial charge in [-0.15, -0.1) is 0 Å². The molecule has 3 N–H and O–H groups in total. The van der Waals surface area contributed by atoms with Crippen LogP contribution in [-0.2, 0) is 0 Å². The molecule has 0 aromatic carbocycles. The van der Waals surface area contributed by atoms with Crippen molar-refractivity contribution >= 4 is 0 Å². The summed E-state index contributed by atoms with van der Waals surface area (Å²) in [7, 11) is 0. The lowest BCUT2D eigenvalue weighted by Gasteiger charge is -1.94. The smallest absolute Gasteiger partial charge is 0.395 e. The van der Waals surface area contributed by atoms with Crippen LogP contribution in [0.2, 0.25) is 0 Å². The van der Waals surface area contributed by atoms with E-state index >= 15 is 0 Å². The van der Waals surface area contributed by atoms with Gasteiger partial charge in [-0.3, -0.25) is 0 Å². The van der Waals surface area contributed by atoms with E-state index in [9.17, 15) is 0 Å². The van der Waals surface area contributed by atoms with Gasteiger partial charge in [0, 0.05) is 13.1 Å². The van der Waals surface area contributed by atoms with Crippen LogP contribution in [0, 0.1) is 0 Å². The molecular weight excluding hydrogens is 94.0 g/mol. The minimum atomic E-state index is 0. The van der Waals surface area contributed by atoms with Crippen LogP contribution in [0.3, 0.4) is 0 Å². The third-order valence-corrected chi connectivity index (χ3v) is 0.577. The zero-order valence-corrected chi connectivity index (χ0v) is 4.22. The third-order valence-electron chi connectivity index (χ3n) is 0.577. The van der Waals surface area contributed by atoms with E-state index in [1.54, 1.807) is 0 Å². The van der Waals surface area contributed by atoms with Crippen molar-refractivity contribution in [1.29, 1.82) is 0 Å². The van der Waals surface area contributed by atoms with Gasteiger partial charge in [0.05, 0.1) is 13.2 Å². The molecule has 0 saturated heterocycles. The summed E-state index contributed by atoms with van der Waals surface area (Å²) >= 11 is 0. The summed E-state index contributed by atoms with van der Waals surface area (Å²) in [5, 5.41) is 19.1. The molecule has 44 valence electrons. The maximum atomic E-state index is 8.15. The quantitative estimate of drug-likeness (QED) is 0.395. The first-order chi connectivity index (χ1) is 3.41. The van der Waals surface area contributed by atoms with Crippen LogP contribution in [0.1, 0.15) is 2.85 Å². The summed E-state index contributed by atoms with van der Waals surface area (Å²) in [5.41, 5.74) is 0. The van der Waals surface area contributed by atoms with E-state index in [2.05, 4.69) is 5.32 Å². The van der Waals surface area contributed by atoms with E-state index in [-0.39, 0.29) is 16.1 Å². The first-order valence-electron chi connectivity index (χ1n) is 2.34. The lowest BCUT2D eigenvalue weighted by atomic mass is 10.6. The lowest BCUT2D eigenvalue weighted by Crippen LogP contribution is -2.21. The van der Waals surface area contributed by atoms with Gasteiger partial charge in [-0.2, -0.15) is 0 Å². The SMILES string of the molecule is OCCNCCO.[H+].[H+]. The van der Waals surface area contributed by atoms with E-state index in [0.29, 0.717) is 13.1 Å². The van der Waals surface area contributed by atoms with Gasteiger partial charge in [-0.05, 0) is 0 Å². The summed E-state index contributed by atoms with van der Waals surface area (Å²) in [4.78, 5) is 0. The Kier molecular flexibility index (Phi) is 5.78. The zero-order valence-electron chi connectivity index (χ0n) is 6.22. The number of aliphatic hydroxyl groups excluding tert-OH is 2. The average Bonchev–Trinajstić information content (AvgIpc) is 1.69. The fourth-order valence-electron chi connectivity index (χ4n) is 0.283. The molecule has 0 heterocycles. The van der Waals surface area contributed by atoms with E-state index < -0.39 is 0 Å². The highest BCUT2D eigenvalue weighted by molar-refractivity contribution is 4.39. The maximum Gasteiger partial charge on any atom is 1.00 e. The topological polar surface area (TPSA) is 52.5 Å². The molecule has 7 heavy (non-hydrogen) atoms. The van der Waals surface area contributed by atoms with Crippen molar-refractivity contribution in [1.82, 2.24) is 5.32 Å². The third kappa shape index (κ3) is 5.88. The van der Waals surface area contributed by atoms with Crippen molar-refractivity contribution in [3.05, 3.63) is 0 Å². The van der Waals surface area contributed by atoms with Crippen molar-refractivity contribution in [2.24, 2.45) is 0 Å². The van der Waals surface area contributed by atoms with Crippen molar-refractivity contribution in [3.8, 4) is 0 Å². The molecule has 3 heteroatoms. The number of hydrogen-bond donors (Lipinski definition) is 3. The standard InChI is InChI=1S/C4H11NO2/c6-3-1-5-2-4-7/h5-7H,1-4H2/p+2. The Morgan fingerprint density at radius 2 is 1.57 bits per heavy atom. The van der Waals surface area contributed by atoms with Gasteiger partial charge in [0.15, 0.2) is 0 Å². The van der Waals surface area contributed by atoms with Gasteiger partial charge < -0.3 is 15.5 Å². The van der Waals surface area contributed by atoms with Gasteiger partial charge in [0.2, 0.25) is 0 Å². The van der Waals surface area contributed by atoms with Crippen molar-refractivity contribution in [2.75, 3.05) is 26.3 Å². The molecule has 0 saturated carbocycles. The summed E-state index contributed by atoms with van der Waals surface area (Å²) in [6.07, 6.45) is 0. The lowest BCUT2D eigenvalue weighted by molar-refractivity contribution is 0.267. The van der Waals surface area contributed by atoms with E-state index in [1.165, 1.54) is 0 Å². The minimum absolute atomic E-state index is 0. The number of aliphatic hydroxyl groups is 2. The van der Waals surface area contributed by atoms with Gasteiger partial charge in [-0.25, -0.2) is 0 Å². The van der Waals surface area contributed by atoms with Crippen LogP contribution in [0.4, 0.5) is 0 Å². The maximum absolute atomic E-state index is 8.15. The molecule has 0 aliphatic rings. The molecule has 0 spiro atoms. The molecule has 3 nitrogen and oxygen atoms in total. The molecule has 0 atom stereocenters. The molecule has 0 radical (unpaired) electrons. The Bertz CT molecular complexity index is 35.7. The summed E-state index contributed by atoms with van der Waals surface area (Å²) < 4.78 is 0. The Morgan fingerprint density at radius 3 is 1.86 bits per heavy atom. The molecule has 0 unspecified atom stereocenters. The zero-order chi connectivity index (χ0) is 5.54. The first kappa shape index (κ1) is 6.88. The summed E-state index contributed by atoms with van der Waals surface area (Å²) in [5.74, 6) is 0. The molecule has 0 aliphatic heterocycles. The molecule has 0 fully saturated rings. The van der Waals surface area contributed by atoms with Gasteiger partial charge in [0.25, 0.3) is 0 Å². The van der Waals surface area contributed by atoms with Crippen molar-refractivity contribution in [2.45, 2.75) is 0 Å². The molecular formula is C4H13NO2+2. The highest BCUT2D eigenvalue weighted by atomic mass is 16.3. The molecule has 0 aromatic rings. The largest absolute Gasteiger partial charge is 1.00 e. The molecule has 0 bridgehead atoms. The monoisotopic (exact) mass is 107 g/mol. The van der Waals surface area contributed by atoms with E-state index in [4.69, 9.17) is 10.2 Å². The first-order valence-corrected chi connectivity index (χ1v) is 2.34. The van der Waals surface area contributed by atoms with Gasteiger partial charge in [0.1, 0.15) is 0 Å². The van der Waals surface area contributed by atoms with Crippen LogP contribution in [0.25, 0.3) is 0 Å². The van der Waals surface area contributed by atoms with Crippen LogP contribution >= 0.6 is 0 Å². The highest BCUT2D eigenvalue weighted by Gasteiger charge is 1.78. The normalized spacial score (nSPS) is 9.43. The molecule has 0 rings (SSSR count). The average molecular weight is 107 g/mol. The second-order valence-corrected chi connectivity index (χ2v) is 1.20. The fourth-order valence-corrected chi connectivity index (χ4v) is 0.283. The van der Waals surface area contributed by atoms with Crippen LogP contribution < -0.4 is 5.32 Å². The van der Waals surface area contributed by atoms with Crippen molar-refractivity contribution in [3.63, 3.8) is 0 Å². The number of nitrogens with one attached hydrogen (secondary N) is 1. The van der Waals surface area contributed by atoms with E-state index in [1.807, 2.05) is 0 Å². The van der Waals surface area contributed by atoms with Gasteiger partial charge in [-0.1, -0.05) is 0 Å². The van der Waals surface area contributed by atoms with Crippen LogP contribution in [-0.4, -0.2) is 36.5 Å². The second kappa shape index (κ2) is 5.88. The Hall–Kier alpha value is -0.120. The Labute approximate surface area is 45.9 Å². The molecule has 0 aromatic heterocycles. The predicted molar refractivity (Wildman–Crippen MR) is 29.3 cm³/mol. The van der Waals surface area contributed by atoms with Gasteiger partial charge >= 0.3 is 2.85 Å². The summed E-state index contributed by atoms with van der Waals surface area (Å²) in [6.45, 7) is 1.42. The summed E-state index contributed by atoms with van der Waals surface area (Å²) in [6, 6.07) is 0. The fraction of sp³-hybridized carbons (Fsp3) is 1.00. The minimum Gasteiger partial charge on any atom is -0.395 e. The second-order valence-electron chi connectivity index (χ2n) is 1.20. The predicted octanol–water partition coefficient (Wildman–Crippen LogP) is -1.21. The Morgan fingerprint density at radius 1 is 1.14 bits per heavy atom. The van der Waals surface area contributed by atoms with Crippen LogP contribution in [0.15, 0.2) is 0 Å². The number of rotatable bonds is 4. The molecule has 0 aliphatic carbocycles. The molecule has 0 amide bonds.